The third-order valence-electron chi connectivity index (χ3n) is 2.91. The number of halogens is 2. The third kappa shape index (κ3) is 3.56. The van der Waals surface area contributed by atoms with Crippen LogP contribution in [0, 0.1) is 11.6 Å². The van der Waals surface area contributed by atoms with E-state index in [4.69, 9.17) is 5.84 Å². The van der Waals surface area contributed by atoms with Crippen molar-refractivity contribution in [3.05, 3.63) is 65.2 Å². The number of hydrogen-bond donors (Lipinski definition) is 2. The van der Waals surface area contributed by atoms with Crippen molar-refractivity contribution in [1.82, 2.24) is 5.43 Å². The first-order valence-electron chi connectivity index (χ1n) is 6.29. The Kier molecular flexibility index (Phi) is 5.11. The third-order valence-corrected chi connectivity index (χ3v) is 3.80. The smallest absolute Gasteiger partial charge is 0.126 e. The van der Waals surface area contributed by atoms with Gasteiger partial charge in [-0.05, 0) is 41.1 Å². The van der Waals surface area contributed by atoms with E-state index in [2.05, 4.69) is 12.3 Å². The highest BCUT2D eigenvalue weighted by molar-refractivity contribution is 7.99. The zero-order valence-electron chi connectivity index (χ0n) is 11.1. The van der Waals surface area contributed by atoms with Crippen LogP contribution in [0.25, 0.3) is 0 Å². The Labute approximate surface area is 121 Å². The molecular weight excluding hydrogens is 278 g/mol. The number of nitrogens with one attached hydrogen (secondary N) is 1. The second-order valence-corrected chi connectivity index (χ2v) is 5.64. The van der Waals surface area contributed by atoms with Crippen molar-refractivity contribution in [1.29, 1.82) is 0 Å². The van der Waals surface area contributed by atoms with E-state index in [-0.39, 0.29) is 0 Å². The summed E-state index contributed by atoms with van der Waals surface area (Å²) in [6.07, 6.45) is 0. The van der Waals surface area contributed by atoms with Gasteiger partial charge >= 0.3 is 0 Å². The molecular formula is C15H16F2N2S. The minimum atomic E-state index is -0.613. The second kappa shape index (κ2) is 6.83. The molecule has 0 heterocycles. The van der Waals surface area contributed by atoms with Crippen LogP contribution in [-0.4, -0.2) is 5.75 Å². The number of thioether (sulfide) groups is 1. The Balaban J connectivity index is 2.31. The summed E-state index contributed by atoms with van der Waals surface area (Å²) in [5, 5.41) is 0. The summed E-state index contributed by atoms with van der Waals surface area (Å²) in [5.74, 6) is 5.30. The number of hydrogen-bond acceptors (Lipinski definition) is 3. The van der Waals surface area contributed by atoms with Gasteiger partial charge in [0.1, 0.15) is 11.6 Å². The minimum absolute atomic E-state index is 0.444. The van der Waals surface area contributed by atoms with E-state index >= 15 is 0 Å². The van der Waals surface area contributed by atoms with E-state index in [1.54, 1.807) is 11.8 Å². The number of hydrazine groups is 1. The van der Waals surface area contributed by atoms with Gasteiger partial charge in [-0.2, -0.15) is 0 Å². The molecule has 0 bridgehead atoms. The summed E-state index contributed by atoms with van der Waals surface area (Å²) in [7, 11) is 0. The minimum Gasteiger partial charge on any atom is -0.271 e. The zero-order valence-corrected chi connectivity index (χ0v) is 11.9. The van der Waals surface area contributed by atoms with Crippen LogP contribution in [0.5, 0.6) is 0 Å². The van der Waals surface area contributed by atoms with Crippen LogP contribution >= 0.6 is 11.8 Å². The van der Waals surface area contributed by atoms with Crippen LogP contribution in [0.2, 0.25) is 0 Å². The predicted molar refractivity (Wildman–Crippen MR) is 78.4 cm³/mol. The highest BCUT2D eigenvalue weighted by atomic mass is 32.2. The van der Waals surface area contributed by atoms with Crippen LogP contribution in [0.15, 0.2) is 47.4 Å². The largest absolute Gasteiger partial charge is 0.271 e. The van der Waals surface area contributed by atoms with Gasteiger partial charge in [0.2, 0.25) is 0 Å². The van der Waals surface area contributed by atoms with E-state index in [0.717, 1.165) is 22.3 Å². The zero-order chi connectivity index (χ0) is 14.5. The van der Waals surface area contributed by atoms with Gasteiger partial charge in [-0.3, -0.25) is 5.84 Å². The van der Waals surface area contributed by atoms with Gasteiger partial charge in [0.25, 0.3) is 0 Å². The van der Waals surface area contributed by atoms with Crippen molar-refractivity contribution in [3.8, 4) is 0 Å². The van der Waals surface area contributed by atoms with Gasteiger partial charge in [0.05, 0.1) is 6.04 Å². The van der Waals surface area contributed by atoms with E-state index in [1.807, 2.05) is 24.3 Å². The van der Waals surface area contributed by atoms with Crippen molar-refractivity contribution in [3.63, 3.8) is 0 Å². The maximum absolute atomic E-state index is 13.3. The van der Waals surface area contributed by atoms with E-state index < -0.39 is 17.7 Å². The van der Waals surface area contributed by atoms with Gasteiger partial charge in [-0.15, -0.1) is 11.8 Å². The van der Waals surface area contributed by atoms with E-state index in [9.17, 15) is 8.78 Å². The molecule has 0 aliphatic rings. The van der Waals surface area contributed by atoms with Crippen molar-refractivity contribution >= 4 is 11.8 Å². The highest BCUT2D eigenvalue weighted by Crippen LogP contribution is 2.25. The maximum atomic E-state index is 13.3. The molecule has 2 aromatic carbocycles. The molecule has 106 valence electrons. The fourth-order valence-corrected chi connectivity index (χ4v) is 2.71. The molecule has 0 fully saturated rings. The number of benzene rings is 2. The standard InChI is InChI=1S/C15H16F2N2S/c1-2-20-14-5-3-10(4-6-14)15(19-18)11-7-12(16)9-13(17)8-11/h3-9,15,19H,2,18H2,1H3. The van der Waals surface area contributed by atoms with Gasteiger partial charge < -0.3 is 0 Å². The lowest BCUT2D eigenvalue weighted by atomic mass is 9.99. The average Bonchev–Trinajstić information content (AvgIpc) is 2.41. The van der Waals surface area contributed by atoms with Gasteiger partial charge in [-0.25, -0.2) is 14.2 Å². The molecule has 0 spiro atoms. The first-order chi connectivity index (χ1) is 9.63. The summed E-state index contributed by atoms with van der Waals surface area (Å²) in [4.78, 5) is 1.15. The van der Waals surface area contributed by atoms with Crippen molar-refractivity contribution in [2.24, 2.45) is 5.84 Å². The molecule has 0 aromatic heterocycles. The number of rotatable bonds is 5. The van der Waals surface area contributed by atoms with Gasteiger partial charge in [-0.1, -0.05) is 19.1 Å². The Morgan fingerprint density at radius 2 is 1.65 bits per heavy atom. The van der Waals surface area contributed by atoms with E-state index in [0.29, 0.717) is 5.56 Å². The fraction of sp³-hybridized carbons (Fsp3) is 0.200. The summed E-state index contributed by atoms with van der Waals surface area (Å²) in [6, 6.07) is 10.7. The highest BCUT2D eigenvalue weighted by Gasteiger charge is 2.14. The van der Waals surface area contributed by atoms with Crippen molar-refractivity contribution in [2.75, 3.05) is 5.75 Å². The maximum Gasteiger partial charge on any atom is 0.126 e. The summed E-state index contributed by atoms with van der Waals surface area (Å²) in [6.45, 7) is 2.08. The van der Waals surface area contributed by atoms with Crippen LogP contribution in [0.3, 0.4) is 0 Å². The molecule has 0 aliphatic carbocycles. The Bertz CT molecular complexity index is 552. The molecule has 3 N–H and O–H groups in total. The van der Waals surface area contributed by atoms with E-state index in [1.165, 1.54) is 12.1 Å². The predicted octanol–water partition coefficient (Wildman–Crippen LogP) is 3.63. The molecule has 0 aliphatic heterocycles. The van der Waals surface area contributed by atoms with Crippen LogP contribution in [0.4, 0.5) is 8.78 Å². The Morgan fingerprint density at radius 3 is 2.15 bits per heavy atom. The lowest BCUT2D eigenvalue weighted by Gasteiger charge is -2.17. The Hall–Kier alpha value is -1.43. The summed E-state index contributed by atoms with van der Waals surface area (Å²) >= 11 is 1.73. The Morgan fingerprint density at radius 1 is 1.05 bits per heavy atom. The molecule has 0 radical (unpaired) electrons. The van der Waals surface area contributed by atoms with Crippen LogP contribution < -0.4 is 11.3 Å². The molecule has 0 saturated heterocycles. The molecule has 2 nitrogen and oxygen atoms in total. The van der Waals surface area contributed by atoms with Crippen molar-refractivity contribution in [2.45, 2.75) is 17.9 Å². The first kappa shape index (κ1) is 15.0. The topological polar surface area (TPSA) is 38.0 Å². The average molecular weight is 294 g/mol. The SMILES string of the molecule is CCSc1ccc(C(NN)c2cc(F)cc(F)c2)cc1. The van der Waals surface area contributed by atoms with Crippen LogP contribution in [0.1, 0.15) is 24.1 Å². The normalized spacial score (nSPS) is 12.4. The molecule has 1 unspecified atom stereocenters. The number of nitrogens with two attached hydrogens (primary N) is 1. The molecule has 0 saturated carbocycles. The lowest BCUT2D eigenvalue weighted by Crippen LogP contribution is -2.29. The second-order valence-electron chi connectivity index (χ2n) is 4.30. The molecule has 0 amide bonds. The molecule has 2 rings (SSSR count). The van der Waals surface area contributed by atoms with Crippen LogP contribution in [-0.2, 0) is 0 Å². The lowest BCUT2D eigenvalue weighted by molar-refractivity contribution is 0.566. The quantitative estimate of drug-likeness (QED) is 0.502. The molecule has 2 aromatic rings. The monoisotopic (exact) mass is 294 g/mol. The summed E-state index contributed by atoms with van der Waals surface area (Å²) in [5.41, 5.74) is 3.92. The first-order valence-corrected chi connectivity index (χ1v) is 7.27. The fourth-order valence-electron chi connectivity index (χ4n) is 2.05. The summed E-state index contributed by atoms with van der Waals surface area (Å²) < 4.78 is 26.6. The molecule has 5 heteroatoms. The van der Waals surface area contributed by atoms with Gasteiger partial charge in [0, 0.05) is 11.0 Å². The molecule has 20 heavy (non-hydrogen) atoms. The molecule has 1 atom stereocenters. The van der Waals surface area contributed by atoms with Gasteiger partial charge in [0.15, 0.2) is 0 Å². The van der Waals surface area contributed by atoms with Crippen molar-refractivity contribution < 1.29 is 8.78 Å².